The summed E-state index contributed by atoms with van der Waals surface area (Å²) in [6, 6.07) is 7.03. The quantitative estimate of drug-likeness (QED) is 0.798. The van der Waals surface area contributed by atoms with Crippen molar-refractivity contribution in [2.75, 3.05) is 13.1 Å². The lowest BCUT2D eigenvalue weighted by molar-refractivity contribution is 0.485. The average molecular weight is 322 g/mol. The molecule has 1 aliphatic rings. The van der Waals surface area contributed by atoms with Crippen LogP contribution in [-0.4, -0.2) is 33.9 Å². The maximum Gasteiger partial charge on any atom is 0.243 e. The fraction of sp³-hybridized carbons (Fsp3) is 0.375. The Bertz CT molecular complexity index is 667. The van der Waals surface area contributed by atoms with E-state index in [1.807, 2.05) is 25.1 Å². The summed E-state index contributed by atoms with van der Waals surface area (Å²) in [5.41, 5.74) is 4.40. The zero-order chi connectivity index (χ0) is 15.7. The standard InChI is InChI=1S/C16H23NO2SSi/c1-14-5-7-16(8-6-14)20(18,19)17-11-9-15(13-17)10-12-21(2,3)4/h5-10,12H,11,13H2,1-4H3/b12-10-. The van der Waals surface area contributed by atoms with E-state index in [-0.39, 0.29) is 0 Å². The van der Waals surface area contributed by atoms with Gasteiger partial charge in [-0.2, -0.15) is 4.31 Å². The van der Waals surface area contributed by atoms with Gasteiger partial charge in [-0.1, -0.05) is 55.2 Å². The van der Waals surface area contributed by atoms with E-state index in [1.165, 1.54) is 4.31 Å². The molecule has 3 nitrogen and oxygen atoms in total. The Labute approximate surface area is 129 Å². The zero-order valence-corrected chi connectivity index (χ0v) is 14.9. The fourth-order valence-electron chi connectivity index (χ4n) is 2.07. The van der Waals surface area contributed by atoms with Gasteiger partial charge >= 0.3 is 0 Å². The highest BCUT2D eigenvalue weighted by atomic mass is 32.2. The Morgan fingerprint density at radius 2 is 1.76 bits per heavy atom. The summed E-state index contributed by atoms with van der Waals surface area (Å²) in [6.07, 6.45) is 4.10. The molecule has 1 aromatic carbocycles. The van der Waals surface area contributed by atoms with Crippen LogP contribution in [0.2, 0.25) is 19.6 Å². The molecular formula is C16H23NO2SSi. The first kappa shape index (κ1) is 16.2. The fourth-order valence-corrected chi connectivity index (χ4v) is 4.15. The minimum Gasteiger partial charge on any atom is -0.207 e. The molecule has 1 aromatic rings. The number of hydrogen-bond acceptors (Lipinski definition) is 2. The molecule has 0 saturated heterocycles. The van der Waals surface area contributed by atoms with Gasteiger partial charge in [0, 0.05) is 13.1 Å². The molecule has 0 aliphatic carbocycles. The third-order valence-corrected chi connectivity index (χ3v) is 6.36. The molecule has 0 bridgehead atoms. The molecule has 0 saturated carbocycles. The Hall–Kier alpha value is -1.17. The van der Waals surface area contributed by atoms with E-state index in [1.54, 1.807) is 12.1 Å². The molecule has 0 atom stereocenters. The summed E-state index contributed by atoms with van der Waals surface area (Å²) in [6.45, 7) is 9.67. The van der Waals surface area contributed by atoms with Crippen LogP contribution in [0.3, 0.4) is 0 Å². The van der Waals surface area contributed by atoms with Crippen molar-refractivity contribution in [2.24, 2.45) is 0 Å². The first-order chi connectivity index (χ1) is 9.68. The van der Waals surface area contributed by atoms with Crippen LogP contribution in [0.5, 0.6) is 0 Å². The van der Waals surface area contributed by atoms with Crippen LogP contribution in [0.1, 0.15) is 5.56 Å². The summed E-state index contributed by atoms with van der Waals surface area (Å²) in [4.78, 5) is 0.372. The molecule has 0 spiro atoms. The van der Waals surface area contributed by atoms with Gasteiger partial charge in [-0.15, -0.1) is 0 Å². The number of hydrogen-bond donors (Lipinski definition) is 0. The van der Waals surface area contributed by atoms with Crippen LogP contribution >= 0.6 is 0 Å². The van der Waals surface area contributed by atoms with Crippen molar-refractivity contribution < 1.29 is 8.42 Å². The Morgan fingerprint density at radius 3 is 2.33 bits per heavy atom. The predicted molar refractivity (Wildman–Crippen MR) is 90.5 cm³/mol. The van der Waals surface area contributed by atoms with Gasteiger partial charge in [-0.25, -0.2) is 8.42 Å². The molecule has 0 fully saturated rings. The van der Waals surface area contributed by atoms with Crippen molar-refractivity contribution in [2.45, 2.75) is 31.5 Å². The summed E-state index contributed by atoms with van der Waals surface area (Å²) >= 11 is 0. The van der Waals surface area contributed by atoms with E-state index < -0.39 is 18.1 Å². The molecule has 0 amide bonds. The lowest BCUT2D eigenvalue weighted by Crippen LogP contribution is -2.29. The highest BCUT2D eigenvalue weighted by Gasteiger charge is 2.27. The minimum atomic E-state index is -3.38. The van der Waals surface area contributed by atoms with Crippen LogP contribution < -0.4 is 0 Å². The lowest BCUT2D eigenvalue weighted by Gasteiger charge is -2.16. The van der Waals surface area contributed by atoms with Crippen molar-refractivity contribution in [1.29, 1.82) is 0 Å². The van der Waals surface area contributed by atoms with E-state index >= 15 is 0 Å². The van der Waals surface area contributed by atoms with Gasteiger partial charge in [0.2, 0.25) is 10.0 Å². The summed E-state index contributed by atoms with van der Waals surface area (Å²) < 4.78 is 26.7. The van der Waals surface area contributed by atoms with E-state index in [0.717, 1.165) is 11.1 Å². The Balaban J connectivity index is 2.12. The summed E-state index contributed by atoms with van der Waals surface area (Å²) in [5, 5.41) is 0. The Morgan fingerprint density at radius 1 is 1.14 bits per heavy atom. The van der Waals surface area contributed by atoms with Crippen molar-refractivity contribution in [1.82, 2.24) is 4.31 Å². The third kappa shape index (κ3) is 4.15. The molecule has 0 aromatic heterocycles. The summed E-state index contributed by atoms with van der Waals surface area (Å²) in [7, 11) is -4.64. The highest BCUT2D eigenvalue weighted by Crippen LogP contribution is 2.22. The van der Waals surface area contributed by atoms with Crippen molar-refractivity contribution >= 4 is 18.1 Å². The van der Waals surface area contributed by atoms with Crippen LogP contribution in [0, 0.1) is 6.92 Å². The monoisotopic (exact) mass is 321 g/mol. The normalized spacial score (nSPS) is 17.4. The second kappa shape index (κ2) is 5.91. The first-order valence-corrected chi connectivity index (χ1v) is 12.2. The lowest BCUT2D eigenvalue weighted by atomic mass is 10.2. The second-order valence-corrected chi connectivity index (χ2v) is 13.6. The maximum atomic E-state index is 12.6. The smallest absolute Gasteiger partial charge is 0.207 e. The molecule has 2 rings (SSSR count). The molecule has 0 unspecified atom stereocenters. The van der Waals surface area contributed by atoms with Crippen LogP contribution in [-0.2, 0) is 10.0 Å². The van der Waals surface area contributed by atoms with E-state index in [4.69, 9.17) is 0 Å². The average Bonchev–Trinajstić information content (AvgIpc) is 2.85. The molecule has 114 valence electrons. The second-order valence-electron chi connectivity index (χ2n) is 6.59. The third-order valence-electron chi connectivity index (χ3n) is 3.37. The van der Waals surface area contributed by atoms with Crippen molar-refractivity contribution in [3.63, 3.8) is 0 Å². The van der Waals surface area contributed by atoms with Gasteiger partial charge in [0.25, 0.3) is 0 Å². The Kier molecular flexibility index (Phi) is 4.56. The van der Waals surface area contributed by atoms with Gasteiger partial charge in [-0.3, -0.25) is 0 Å². The number of rotatable bonds is 4. The molecule has 1 aliphatic heterocycles. The minimum absolute atomic E-state index is 0.372. The molecule has 0 N–H and O–H groups in total. The molecular weight excluding hydrogens is 298 g/mol. The molecule has 21 heavy (non-hydrogen) atoms. The molecule has 1 heterocycles. The number of benzene rings is 1. The first-order valence-electron chi connectivity index (χ1n) is 7.14. The van der Waals surface area contributed by atoms with Crippen LogP contribution in [0.25, 0.3) is 0 Å². The highest BCUT2D eigenvalue weighted by molar-refractivity contribution is 7.89. The van der Waals surface area contributed by atoms with Gasteiger partial charge in [0.1, 0.15) is 0 Å². The number of sulfonamides is 1. The van der Waals surface area contributed by atoms with Gasteiger partial charge in [0.05, 0.1) is 13.0 Å². The molecule has 0 radical (unpaired) electrons. The zero-order valence-electron chi connectivity index (χ0n) is 13.1. The van der Waals surface area contributed by atoms with E-state index in [9.17, 15) is 8.42 Å². The van der Waals surface area contributed by atoms with Gasteiger partial charge < -0.3 is 0 Å². The maximum absolute atomic E-state index is 12.6. The topological polar surface area (TPSA) is 37.4 Å². The van der Waals surface area contributed by atoms with Crippen LogP contribution in [0.4, 0.5) is 0 Å². The predicted octanol–water partition coefficient (Wildman–Crippen LogP) is 3.36. The van der Waals surface area contributed by atoms with Crippen molar-refractivity contribution in [3.05, 3.63) is 53.3 Å². The number of nitrogens with zero attached hydrogens (tertiary/aromatic N) is 1. The van der Waals surface area contributed by atoms with E-state index in [2.05, 4.69) is 31.4 Å². The number of aryl methyl sites for hydroxylation is 1. The van der Waals surface area contributed by atoms with Crippen LogP contribution in [0.15, 0.2) is 52.6 Å². The summed E-state index contributed by atoms with van der Waals surface area (Å²) in [5.74, 6) is 0. The largest absolute Gasteiger partial charge is 0.243 e. The van der Waals surface area contributed by atoms with Crippen molar-refractivity contribution in [3.8, 4) is 0 Å². The molecule has 5 heteroatoms. The SMILES string of the molecule is Cc1ccc(S(=O)(=O)N2CC=C(/C=C\[Si](C)(C)C)C2)cc1. The van der Waals surface area contributed by atoms with Gasteiger partial charge in [-0.05, 0) is 24.6 Å². The van der Waals surface area contributed by atoms with E-state index in [0.29, 0.717) is 18.0 Å². The van der Waals surface area contributed by atoms with Gasteiger partial charge in [0.15, 0.2) is 0 Å².